The Balaban J connectivity index is 1.09. The number of amides is 1. The molecule has 4 saturated carbocycles. The third-order valence-corrected chi connectivity index (χ3v) is 8.41. The normalized spacial score (nSPS) is 33.1. The monoisotopic (exact) mass is 408 g/mol. The average molecular weight is 409 g/mol. The van der Waals surface area contributed by atoms with Gasteiger partial charge in [0.25, 0.3) is 0 Å². The van der Waals surface area contributed by atoms with E-state index in [0.29, 0.717) is 18.6 Å². The van der Waals surface area contributed by atoms with Gasteiger partial charge in [-0.25, -0.2) is 0 Å². The van der Waals surface area contributed by atoms with Gasteiger partial charge in [-0.1, -0.05) is 29.8 Å². The first-order chi connectivity index (χ1) is 14.5. The number of Topliss-reactive ketones (excluding diaryl/α,β-unsaturated/α-hetero) is 1. The highest BCUT2D eigenvalue weighted by Crippen LogP contribution is 2.60. The van der Waals surface area contributed by atoms with Crippen LogP contribution in [0.15, 0.2) is 24.3 Å². The fourth-order valence-corrected chi connectivity index (χ4v) is 7.32. The number of nitrogens with zero attached hydrogens (tertiary/aromatic N) is 2. The summed E-state index contributed by atoms with van der Waals surface area (Å²) in [5.41, 5.74) is 2.59. The lowest BCUT2D eigenvalue weighted by Gasteiger charge is -2.56. The fourth-order valence-electron chi connectivity index (χ4n) is 7.32. The number of piperazine rings is 1. The molecule has 1 heterocycles. The van der Waals surface area contributed by atoms with Crippen LogP contribution in [0.5, 0.6) is 0 Å². The van der Waals surface area contributed by atoms with E-state index < -0.39 is 0 Å². The van der Waals surface area contributed by atoms with Gasteiger partial charge in [0.15, 0.2) is 0 Å². The lowest BCUT2D eigenvalue weighted by atomic mass is 9.48. The standard InChI is InChI=1S/C26H36N2O2/c1-19-3-2-4-20(11-19)18-27-7-9-28(10-8-27)25(30)6-5-24(29)26-15-21-12-22(16-26)14-23(13-21)17-26/h2-4,11,21-23H,5-10,12-18H2,1H3. The van der Waals surface area contributed by atoms with E-state index in [1.165, 1.54) is 30.4 Å². The van der Waals surface area contributed by atoms with Crippen LogP contribution in [0.4, 0.5) is 0 Å². The molecule has 0 atom stereocenters. The molecule has 1 aliphatic heterocycles. The second-order valence-corrected chi connectivity index (χ2v) is 10.8. The summed E-state index contributed by atoms with van der Waals surface area (Å²) in [6, 6.07) is 8.67. The van der Waals surface area contributed by atoms with Gasteiger partial charge in [-0.15, -0.1) is 0 Å². The van der Waals surface area contributed by atoms with E-state index in [1.807, 2.05) is 4.90 Å². The number of benzene rings is 1. The number of hydrogen-bond acceptors (Lipinski definition) is 3. The van der Waals surface area contributed by atoms with Gasteiger partial charge in [-0.2, -0.15) is 0 Å². The van der Waals surface area contributed by atoms with Crippen molar-refractivity contribution in [3.8, 4) is 0 Å². The molecule has 4 bridgehead atoms. The minimum absolute atomic E-state index is 0.0540. The molecule has 6 rings (SSSR count). The van der Waals surface area contributed by atoms with Crippen LogP contribution in [-0.2, 0) is 16.1 Å². The van der Waals surface area contributed by atoms with Crippen LogP contribution >= 0.6 is 0 Å². The SMILES string of the molecule is Cc1cccc(CN2CCN(C(=O)CCC(=O)C34CC5CC(CC(C5)C3)C4)CC2)c1. The van der Waals surface area contributed by atoms with Crippen LogP contribution in [0.2, 0.25) is 0 Å². The first-order valence-electron chi connectivity index (χ1n) is 12.1. The molecule has 0 N–H and O–H groups in total. The van der Waals surface area contributed by atoms with Crippen molar-refractivity contribution in [2.45, 2.75) is 64.8 Å². The van der Waals surface area contributed by atoms with Crippen molar-refractivity contribution in [3.05, 3.63) is 35.4 Å². The van der Waals surface area contributed by atoms with E-state index >= 15 is 0 Å². The Morgan fingerprint density at radius 3 is 2.17 bits per heavy atom. The van der Waals surface area contributed by atoms with E-state index in [-0.39, 0.29) is 11.3 Å². The van der Waals surface area contributed by atoms with Crippen LogP contribution in [0.1, 0.15) is 62.5 Å². The lowest BCUT2D eigenvalue weighted by Crippen LogP contribution is -2.50. The van der Waals surface area contributed by atoms with Crippen LogP contribution in [0.25, 0.3) is 0 Å². The lowest BCUT2D eigenvalue weighted by molar-refractivity contribution is -0.146. The zero-order valence-electron chi connectivity index (χ0n) is 18.4. The zero-order chi connectivity index (χ0) is 20.7. The van der Waals surface area contributed by atoms with E-state index in [9.17, 15) is 9.59 Å². The summed E-state index contributed by atoms with van der Waals surface area (Å²) in [5.74, 6) is 2.96. The molecule has 5 aliphatic rings. The second kappa shape index (κ2) is 8.11. The van der Waals surface area contributed by atoms with Crippen molar-refractivity contribution in [1.29, 1.82) is 0 Å². The smallest absolute Gasteiger partial charge is 0.223 e. The highest BCUT2D eigenvalue weighted by Gasteiger charge is 2.54. The molecule has 1 aromatic carbocycles. The largest absolute Gasteiger partial charge is 0.340 e. The number of hydrogen-bond donors (Lipinski definition) is 0. The van der Waals surface area contributed by atoms with Gasteiger partial charge >= 0.3 is 0 Å². The van der Waals surface area contributed by atoms with Gasteiger partial charge < -0.3 is 4.90 Å². The molecule has 0 unspecified atom stereocenters. The van der Waals surface area contributed by atoms with Gasteiger partial charge in [-0.05, 0) is 68.8 Å². The minimum atomic E-state index is -0.0540. The number of aryl methyl sites for hydroxylation is 1. The average Bonchev–Trinajstić information content (AvgIpc) is 2.71. The van der Waals surface area contributed by atoms with Crippen molar-refractivity contribution in [2.24, 2.45) is 23.2 Å². The summed E-state index contributed by atoms with van der Waals surface area (Å²) in [5, 5.41) is 0. The third-order valence-electron chi connectivity index (χ3n) is 8.41. The van der Waals surface area contributed by atoms with Gasteiger partial charge in [0, 0.05) is 51.0 Å². The third kappa shape index (κ3) is 4.08. The molecule has 4 aliphatic carbocycles. The number of rotatable bonds is 6. The van der Waals surface area contributed by atoms with Crippen LogP contribution in [0.3, 0.4) is 0 Å². The Morgan fingerprint density at radius 2 is 1.57 bits per heavy atom. The Kier molecular flexibility index (Phi) is 5.47. The zero-order valence-corrected chi connectivity index (χ0v) is 18.4. The van der Waals surface area contributed by atoms with Gasteiger partial charge in [0.05, 0.1) is 0 Å². The van der Waals surface area contributed by atoms with Crippen molar-refractivity contribution < 1.29 is 9.59 Å². The maximum absolute atomic E-state index is 13.2. The predicted octanol–water partition coefficient (Wildman–Crippen LogP) is 4.20. The molecule has 1 amide bonds. The molecule has 4 heteroatoms. The summed E-state index contributed by atoms with van der Waals surface area (Å²) in [7, 11) is 0. The summed E-state index contributed by atoms with van der Waals surface area (Å²) < 4.78 is 0. The van der Waals surface area contributed by atoms with E-state index in [2.05, 4.69) is 36.1 Å². The fraction of sp³-hybridized carbons (Fsp3) is 0.692. The van der Waals surface area contributed by atoms with E-state index in [4.69, 9.17) is 0 Å². The van der Waals surface area contributed by atoms with Gasteiger partial charge in [0.2, 0.25) is 5.91 Å². The van der Waals surface area contributed by atoms with Crippen LogP contribution in [-0.4, -0.2) is 47.7 Å². The summed E-state index contributed by atoms with van der Waals surface area (Å²) in [4.78, 5) is 30.4. The molecular formula is C26H36N2O2. The van der Waals surface area contributed by atoms with Crippen molar-refractivity contribution in [2.75, 3.05) is 26.2 Å². The first-order valence-corrected chi connectivity index (χ1v) is 12.1. The number of carbonyl (C=O) groups excluding carboxylic acids is 2. The Morgan fingerprint density at radius 1 is 0.933 bits per heavy atom. The maximum atomic E-state index is 13.2. The molecule has 0 aromatic heterocycles. The van der Waals surface area contributed by atoms with Crippen molar-refractivity contribution in [3.63, 3.8) is 0 Å². The second-order valence-electron chi connectivity index (χ2n) is 10.8. The molecule has 0 radical (unpaired) electrons. The molecule has 0 spiro atoms. The van der Waals surface area contributed by atoms with Gasteiger partial charge in [-0.3, -0.25) is 14.5 Å². The van der Waals surface area contributed by atoms with Crippen molar-refractivity contribution >= 4 is 11.7 Å². The highest BCUT2D eigenvalue weighted by atomic mass is 16.2. The number of ketones is 1. The summed E-state index contributed by atoms with van der Waals surface area (Å²) >= 11 is 0. The Bertz CT molecular complexity index is 774. The summed E-state index contributed by atoms with van der Waals surface area (Å²) in [6.07, 6.45) is 8.30. The maximum Gasteiger partial charge on any atom is 0.223 e. The van der Waals surface area contributed by atoms with Crippen LogP contribution < -0.4 is 0 Å². The quantitative estimate of drug-likeness (QED) is 0.708. The molecule has 5 fully saturated rings. The molecule has 162 valence electrons. The summed E-state index contributed by atoms with van der Waals surface area (Å²) in [6.45, 7) is 6.50. The van der Waals surface area contributed by atoms with E-state index in [0.717, 1.165) is 69.7 Å². The highest BCUT2D eigenvalue weighted by molar-refractivity contribution is 5.89. The molecule has 1 saturated heterocycles. The first kappa shape index (κ1) is 20.2. The topological polar surface area (TPSA) is 40.6 Å². The molecule has 4 nitrogen and oxygen atoms in total. The van der Waals surface area contributed by atoms with Crippen molar-refractivity contribution in [1.82, 2.24) is 9.80 Å². The number of carbonyl (C=O) groups is 2. The Hall–Kier alpha value is -1.68. The van der Waals surface area contributed by atoms with Crippen LogP contribution in [0, 0.1) is 30.1 Å². The van der Waals surface area contributed by atoms with Gasteiger partial charge in [0.1, 0.15) is 5.78 Å². The van der Waals surface area contributed by atoms with E-state index in [1.54, 1.807) is 0 Å². The predicted molar refractivity (Wildman–Crippen MR) is 118 cm³/mol. The molecule has 1 aromatic rings. The molecule has 30 heavy (non-hydrogen) atoms. The Labute approximate surface area is 181 Å². The molecular weight excluding hydrogens is 372 g/mol. The minimum Gasteiger partial charge on any atom is -0.340 e.